The van der Waals surface area contributed by atoms with Gasteiger partial charge < -0.3 is 9.73 Å². The molecule has 0 aliphatic heterocycles. The molecule has 0 aromatic carbocycles. The van der Waals surface area contributed by atoms with E-state index in [9.17, 15) is 0 Å². The van der Waals surface area contributed by atoms with Crippen molar-refractivity contribution in [2.45, 2.75) is 71.9 Å². The topological polar surface area (TPSA) is 51.0 Å². The van der Waals surface area contributed by atoms with Crippen LogP contribution in [0.2, 0.25) is 0 Å². The molecule has 1 atom stereocenters. The van der Waals surface area contributed by atoms with Crippen molar-refractivity contribution in [3.63, 3.8) is 0 Å². The van der Waals surface area contributed by atoms with Gasteiger partial charge in [-0.2, -0.15) is 0 Å². The first-order chi connectivity index (χ1) is 8.28. The lowest BCUT2D eigenvalue weighted by molar-refractivity contribution is 0.276. The molecule has 4 nitrogen and oxygen atoms in total. The Morgan fingerprint density at radius 1 is 1.33 bits per heavy atom. The van der Waals surface area contributed by atoms with Crippen LogP contribution in [0, 0.1) is 5.41 Å². The number of hydrogen-bond acceptors (Lipinski definition) is 4. The van der Waals surface area contributed by atoms with Crippen molar-refractivity contribution in [1.82, 2.24) is 15.5 Å². The predicted octanol–water partition coefficient (Wildman–Crippen LogP) is 3.25. The van der Waals surface area contributed by atoms with E-state index in [1.807, 2.05) is 0 Å². The van der Waals surface area contributed by atoms with Gasteiger partial charge in [0.2, 0.25) is 11.8 Å². The molecule has 1 aromatic heterocycles. The van der Waals surface area contributed by atoms with Gasteiger partial charge in [-0.3, -0.25) is 0 Å². The van der Waals surface area contributed by atoms with E-state index < -0.39 is 0 Å². The molecule has 1 aliphatic rings. The molecule has 1 aliphatic carbocycles. The summed E-state index contributed by atoms with van der Waals surface area (Å²) in [4.78, 5) is 0. The van der Waals surface area contributed by atoms with Crippen molar-refractivity contribution in [1.29, 1.82) is 0 Å². The molecule has 0 saturated heterocycles. The lowest BCUT2D eigenvalue weighted by Gasteiger charge is -2.23. The smallest absolute Gasteiger partial charge is 0.230 e. The average molecular weight is 251 g/mol. The van der Waals surface area contributed by atoms with E-state index in [2.05, 4.69) is 50.1 Å². The van der Waals surface area contributed by atoms with E-state index in [0.717, 1.165) is 5.89 Å². The van der Waals surface area contributed by atoms with E-state index in [0.29, 0.717) is 23.8 Å². The second-order valence-corrected chi connectivity index (χ2v) is 7.07. The maximum atomic E-state index is 5.81. The van der Waals surface area contributed by atoms with Crippen LogP contribution in [0.15, 0.2) is 4.42 Å². The van der Waals surface area contributed by atoms with E-state index in [4.69, 9.17) is 4.42 Å². The van der Waals surface area contributed by atoms with Crippen molar-refractivity contribution < 1.29 is 4.42 Å². The SMILES string of the molecule is CC(C)(C)NCc1nnc(C2CCCC2(C)C)o1. The predicted molar refractivity (Wildman–Crippen MR) is 71.3 cm³/mol. The Morgan fingerprint density at radius 2 is 2.06 bits per heavy atom. The minimum absolute atomic E-state index is 0.0707. The van der Waals surface area contributed by atoms with Crippen LogP contribution in [-0.4, -0.2) is 15.7 Å². The van der Waals surface area contributed by atoms with E-state index in [1.165, 1.54) is 19.3 Å². The highest BCUT2D eigenvalue weighted by atomic mass is 16.4. The molecule has 18 heavy (non-hydrogen) atoms. The molecular formula is C14H25N3O. The highest BCUT2D eigenvalue weighted by molar-refractivity contribution is 5.02. The van der Waals surface area contributed by atoms with Crippen LogP contribution >= 0.6 is 0 Å². The fourth-order valence-electron chi connectivity index (χ4n) is 2.60. The Hall–Kier alpha value is -0.900. The third kappa shape index (κ3) is 3.10. The summed E-state index contributed by atoms with van der Waals surface area (Å²) >= 11 is 0. The number of nitrogens with one attached hydrogen (secondary N) is 1. The Labute approximate surface area is 110 Å². The zero-order chi connectivity index (χ0) is 13.4. The normalized spacial score (nSPS) is 23.5. The summed E-state index contributed by atoms with van der Waals surface area (Å²) in [6.07, 6.45) is 3.67. The van der Waals surface area contributed by atoms with E-state index in [-0.39, 0.29) is 5.54 Å². The molecule has 1 unspecified atom stereocenters. The van der Waals surface area contributed by atoms with Crippen LogP contribution in [0.1, 0.15) is 71.6 Å². The fraction of sp³-hybridized carbons (Fsp3) is 0.857. The molecule has 0 bridgehead atoms. The monoisotopic (exact) mass is 251 g/mol. The van der Waals surface area contributed by atoms with Crippen molar-refractivity contribution in [2.75, 3.05) is 0 Å². The third-order valence-corrected chi connectivity index (χ3v) is 3.81. The van der Waals surface area contributed by atoms with Crippen molar-refractivity contribution >= 4 is 0 Å². The highest BCUT2D eigenvalue weighted by Gasteiger charge is 2.38. The van der Waals surface area contributed by atoms with E-state index in [1.54, 1.807) is 0 Å². The van der Waals surface area contributed by atoms with Gasteiger partial charge in [-0.1, -0.05) is 20.3 Å². The molecule has 0 spiro atoms. The second-order valence-electron chi connectivity index (χ2n) is 7.07. The summed E-state index contributed by atoms with van der Waals surface area (Å²) < 4.78 is 5.81. The Morgan fingerprint density at radius 3 is 2.61 bits per heavy atom. The van der Waals surface area contributed by atoms with Crippen LogP contribution in [0.5, 0.6) is 0 Å². The molecule has 1 heterocycles. The minimum Gasteiger partial charge on any atom is -0.424 e. The Bertz CT molecular complexity index is 403. The van der Waals surface area contributed by atoms with Crippen LogP contribution in [-0.2, 0) is 6.54 Å². The van der Waals surface area contributed by atoms with E-state index >= 15 is 0 Å². The number of hydrogen-bond donors (Lipinski definition) is 1. The summed E-state index contributed by atoms with van der Waals surface area (Å²) in [7, 11) is 0. The van der Waals surface area contributed by atoms with Crippen molar-refractivity contribution in [2.24, 2.45) is 5.41 Å². The van der Waals surface area contributed by atoms with Gasteiger partial charge in [-0.15, -0.1) is 10.2 Å². The first kappa shape index (κ1) is 13.5. The molecular weight excluding hydrogens is 226 g/mol. The first-order valence-corrected chi connectivity index (χ1v) is 6.85. The molecule has 0 amide bonds. The van der Waals surface area contributed by atoms with Crippen molar-refractivity contribution in [3.05, 3.63) is 11.8 Å². The molecule has 1 fully saturated rings. The summed E-state index contributed by atoms with van der Waals surface area (Å²) in [6.45, 7) is 11.6. The lowest BCUT2D eigenvalue weighted by Crippen LogP contribution is -2.35. The number of rotatable bonds is 3. The summed E-state index contributed by atoms with van der Waals surface area (Å²) in [6, 6.07) is 0. The molecule has 2 rings (SSSR count). The summed E-state index contributed by atoms with van der Waals surface area (Å²) in [5.41, 5.74) is 0.364. The summed E-state index contributed by atoms with van der Waals surface area (Å²) in [5.74, 6) is 1.94. The third-order valence-electron chi connectivity index (χ3n) is 3.81. The quantitative estimate of drug-likeness (QED) is 0.896. The van der Waals surface area contributed by atoms with Crippen molar-refractivity contribution in [3.8, 4) is 0 Å². The van der Waals surface area contributed by atoms with Gasteiger partial charge in [0.05, 0.1) is 6.54 Å². The number of nitrogens with zero attached hydrogens (tertiary/aromatic N) is 2. The molecule has 4 heteroatoms. The first-order valence-electron chi connectivity index (χ1n) is 6.85. The second kappa shape index (κ2) is 4.65. The molecule has 1 saturated carbocycles. The van der Waals surface area contributed by atoms with Crippen LogP contribution in [0.4, 0.5) is 0 Å². The Kier molecular flexibility index (Phi) is 3.49. The van der Waals surface area contributed by atoms with Crippen LogP contribution in [0.25, 0.3) is 0 Å². The maximum Gasteiger partial charge on any atom is 0.230 e. The van der Waals surface area contributed by atoms with Gasteiger partial charge in [0.25, 0.3) is 0 Å². The van der Waals surface area contributed by atoms with Gasteiger partial charge in [-0.25, -0.2) is 0 Å². The van der Waals surface area contributed by atoms with Gasteiger partial charge in [0, 0.05) is 11.5 Å². The Balaban J connectivity index is 2.02. The van der Waals surface area contributed by atoms with Gasteiger partial charge >= 0.3 is 0 Å². The maximum absolute atomic E-state index is 5.81. The standard InChI is InChI=1S/C14H25N3O/c1-13(2,3)15-9-11-16-17-12(18-11)10-7-6-8-14(10,4)5/h10,15H,6-9H2,1-5H3. The van der Waals surface area contributed by atoms with Gasteiger partial charge in [0.1, 0.15) is 0 Å². The zero-order valence-electron chi connectivity index (χ0n) is 12.2. The summed E-state index contributed by atoms with van der Waals surface area (Å²) in [5, 5.41) is 11.8. The highest BCUT2D eigenvalue weighted by Crippen LogP contribution is 2.48. The largest absolute Gasteiger partial charge is 0.424 e. The molecule has 102 valence electrons. The molecule has 1 aromatic rings. The van der Waals surface area contributed by atoms with Gasteiger partial charge in [-0.05, 0) is 39.0 Å². The molecule has 0 radical (unpaired) electrons. The van der Waals surface area contributed by atoms with Crippen LogP contribution < -0.4 is 5.32 Å². The zero-order valence-corrected chi connectivity index (χ0v) is 12.2. The number of aromatic nitrogens is 2. The lowest BCUT2D eigenvalue weighted by atomic mass is 9.82. The average Bonchev–Trinajstić information content (AvgIpc) is 2.79. The molecule has 1 N–H and O–H groups in total. The van der Waals surface area contributed by atoms with Gasteiger partial charge in [0.15, 0.2) is 0 Å². The van der Waals surface area contributed by atoms with Crippen LogP contribution in [0.3, 0.4) is 0 Å². The fourth-order valence-corrected chi connectivity index (χ4v) is 2.60. The minimum atomic E-state index is 0.0707.